The maximum Gasteiger partial charge on any atom is 0.238 e. The highest BCUT2D eigenvalue weighted by Gasteiger charge is 2.37. The van der Waals surface area contributed by atoms with Gasteiger partial charge in [-0.3, -0.25) is 4.79 Å². The lowest BCUT2D eigenvalue weighted by molar-refractivity contribution is -0.125. The molecule has 1 N–H and O–H groups in total. The molecule has 6 nitrogen and oxygen atoms in total. The Bertz CT molecular complexity index is 637. The van der Waals surface area contributed by atoms with Crippen molar-refractivity contribution in [3.8, 4) is 0 Å². The number of carbonyl (C=O) groups excluding carboxylic acids is 1. The van der Waals surface area contributed by atoms with Gasteiger partial charge in [0.15, 0.2) is 0 Å². The highest BCUT2D eigenvalue weighted by molar-refractivity contribution is 7.88. The lowest BCUT2D eigenvalue weighted by Crippen LogP contribution is -2.46. The van der Waals surface area contributed by atoms with Crippen molar-refractivity contribution < 1.29 is 17.6 Å². The number of furan rings is 1. The van der Waals surface area contributed by atoms with Crippen LogP contribution in [-0.4, -0.2) is 37.5 Å². The van der Waals surface area contributed by atoms with Crippen LogP contribution in [0.2, 0.25) is 0 Å². The molecule has 0 radical (unpaired) electrons. The van der Waals surface area contributed by atoms with E-state index in [-0.39, 0.29) is 11.9 Å². The maximum atomic E-state index is 12.5. The number of nitrogens with zero attached hydrogens (tertiary/aromatic N) is 1. The predicted molar refractivity (Wildman–Crippen MR) is 77.1 cm³/mol. The molecular formula is C14H20N2O4S. The third kappa shape index (κ3) is 2.85. The highest BCUT2D eigenvalue weighted by atomic mass is 32.2. The van der Waals surface area contributed by atoms with E-state index in [1.807, 2.05) is 6.07 Å². The molecule has 2 atom stereocenters. The van der Waals surface area contributed by atoms with E-state index in [9.17, 15) is 13.2 Å². The standard InChI is InChI=1S/C14H20N2O4S/c1-21(18,19)16-8-3-5-12(16)14(17)15-11-4-2-6-13-10(11)7-9-20-13/h7,9,11-12H,2-6,8H2,1H3,(H,15,17)/t11-,12-/m0/s1. The van der Waals surface area contributed by atoms with Crippen molar-refractivity contribution >= 4 is 15.9 Å². The summed E-state index contributed by atoms with van der Waals surface area (Å²) in [6.07, 6.45) is 6.85. The van der Waals surface area contributed by atoms with Crippen molar-refractivity contribution in [3.63, 3.8) is 0 Å². The molecule has 2 aliphatic rings. The van der Waals surface area contributed by atoms with Crippen LogP contribution in [0.25, 0.3) is 0 Å². The van der Waals surface area contributed by atoms with E-state index in [1.54, 1.807) is 6.26 Å². The molecule has 0 aromatic carbocycles. The average molecular weight is 312 g/mol. The lowest BCUT2D eigenvalue weighted by Gasteiger charge is -2.27. The van der Waals surface area contributed by atoms with Crippen LogP contribution in [0, 0.1) is 0 Å². The summed E-state index contributed by atoms with van der Waals surface area (Å²) in [5.74, 6) is 0.731. The molecule has 1 amide bonds. The van der Waals surface area contributed by atoms with Crippen LogP contribution in [0.5, 0.6) is 0 Å². The van der Waals surface area contributed by atoms with E-state index in [0.29, 0.717) is 13.0 Å². The molecule has 1 saturated heterocycles. The first kappa shape index (κ1) is 14.6. The van der Waals surface area contributed by atoms with Crippen molar-refractivity contribution in [1.82, 2.24) is 9.62 Å². The fourth-order valence-corrected chi connectivity index (χ4v) is 4.43. The average Bonchev–Trinajstić information content (AvgIpc) is 3.07. The molecule has 1 aliphatic heterocycles. The molecule has 0 saturated carbocycles. The smallest absolute Gasteiger partial charge is 0.238 e. The Morgan fingerprint density at radius 1 is 1.38 bits per heavy atom. The van der Waals surface area contributed by atoms with Crippen LogP contribution in [0.1, 0.15) is 43.0 Å². The lowest BCUT2D eigenvalue weighted by atomic mass is 9.93. The normalized spacial score (nSPS) is 26.5. The molecule has 3 rings (SSSR count). The van der Waals surface area contributed by atoms with Crippen LogP contribution in [-0.2, 0) is 21.2 Å². The Labute approximate surface area is 124 Å². The number of hydrogen-bond acceptors (Lipinski definition) is 4. The molecule has 7 heteroatoms. The highest BCUT2D eigenvalue weighted by Crippen LogP contribution is 2.31. The van der Waals surface area contributed by atoms with Crippen molar-refractivity contribution in [1.29, 1.82) is 0 Å². The van der Waals surface area contributed by atoms with Crippen LogP contribution in [0.15, 0.2) is 16.7 Å². The second-order valence-electron chi connectivity index (χ2n) is 5.78. The zero-order chi connectivity index (χ0) is 15.0. The third-order valence-electron chi connectivity index (χ3n) is 4.30. The second-order valence-corrected chi connectivity index (χ2v) is 7.72. The summed E-state index contributed by atoms with van der Waals surface area (Å²) >= 11 is 0. The largest absolute Gasteiger partial charge is 0.469 e. The van der Waals surface area contributed by atoms with Crippen molar-refractivity contribution in [2.75, 3.05) is 12.8 Å². The first-order valence-electron chi connectivity index (χ1n) is 7.30. The molecule has 0 bridgehead atoms. The molecule has 0 spiro atoms. The number of amides is 1. The van der Waals surface area contributed by atoms with Gasteiger partial charge >= 0.3 is 0 Å². The number of hydrogen-bond donors (Lipinski definition) is 1. The van der Waals surface area contributed by atoms with E-state index >= 15 is 0 Å². The van der Waals surface area contributed by atoms with Gasteiger partial charge in [0.2, 0.25) is 15.9 Å². The number of rotatable bonds is 3. The zero-order valence-electron chi connectivity index (χ0n) is 12.0. The molecule has 116 valence electrons. The summed E-state index contributed by atoms with van der Waals surface area (Å²) < 4.78 is 30.2. The van der Waals surface area contributed by atoms with E-state index in [0.717, 1.165) is 43.3 Å². The van der Waals surface area contributed by atoms with Crippen molar-refractivity contribution in [2.45, 2.75) is 44.2 Å². The molecule has 1 aromatic heterocycles. The second kappa shape index (κ2) is 5.46. The van der Waals surface area contributed by atoms with E-state index < -0.39 is 16.1 Å². The Balaban J connectivity index is 1.73. The van der Waals surface area contributed by atoms with Gasteiger partial charge in [-0.05, 0) is 31.7 Å². The Morgan fingerprint density at radius 2 is 2.19 bits per heavy atom. The summed E-state index contributed by atoms with van der Waals surface area (Å²) in [5, 5.41) is 3.00. The van der Waals surface area contributed by atoms with Gasteiger partial charge < -0.3 is 9.73 Å². The van der Waals surface area contributed by atoms with Crippen LogP contribution in [0.3, 0.4) is 0 Å². The number of aryl methyl sites for hydroxylation is 1. The predicted octanol–water partition coefficient (Wildman–Crippen LogP) is 1.20. The number of nitrogens with one attached hydrogen (secondary N) is 1. The Kier molecular flexibility index (Phi) is 3.79. The molecule has 21 heavy (non-hydrogen) atoms. The topological polar surface area (TPSA) is 79.6 Å². The van der Waals surface area contributed by atoms with Gasteiger partial charge in [0.1, 0.15) is 11.8 Å². The molecule has 1 fully saturated rings. The fourth-order valence-electron chi connectivity index (χ4n) is 3.30. The minimum absolute atomic E-state index is 0.0676. The van der Waals surface area contributed by atoms with Crippen LogP contribution in [0.4, 0.5) is 0 Å². The summed E-state index contributed by atoms with van der Waals surface area (Å²) in [6, 6.07) is 1.25. The van der Waals surface area contributed by atoms with E-state index in [2.05, 4.69) is 5.32 Å². The SMILES string of the molecule is CS(=O)(=O)N1CCC[C@H]1C(=O)N[C@H]1CCCc2occc21. The van der Waals surface area contributed by atoms with Crippen molar-refractivity contribution in [2.24, 2.45) is 0 Å². The first-order chi connectivity index (χ1) is 9.97. The maximum absolute atomic E-state index is 12.5. The van der Waals surface area contributed by atoms with Crippen LogP contribution >= 0.6 is 0 Å². The summed E-state index contributed by atoms with van der Waals surface area (Å²) in [5.41, 5.74) is 1.03. The number of fused-ring (bicyclic) bond motifs is 1. The molecular weight excluding hydrogens is 292 g/mol. The van der Waals surface area contributed by atoms with E-state index in [4.69, 9.17) is 4.42 Å². The minimum Gasteiger partial charge on any atom is -0.469 e. The molecule has 1 aromatic rings. The van der Waals surface area contributed by atoms with Gasteiger partial charge in [0, 0.05) is 18.5 Å². The van der Waals surface area contributed by atoms with Gasteiger partial charge in [0.05, 0.1) is 18.6 Å². The van der Waals surface area contributed by atoms with Crippen molar-refractivity contribution in [3.05, 3.63) is 23.7 Å². The Hall–Kier alpha value is -1.34. The van der Waals surface area contributed by atoms with Gasteiger partial charge in [0.25, 0.3) is 0 Å². The monoisotopic (exact) mass is 312 g/mol. The zero-order valence-corrected chi connectivity index (χ0v) is 12.9. The van der Waals surface area contributed by atoms with Gasteiger partial charge in [-0.15, -0.1) is 0 Å². The molecule has 0 unspecified atom stereocenters. The van der Waals surface area contributed by atoms with Gasteiger partial charge in [-0.1, -0.05) is 0 Å². The molecule has 1 aliphatic carbocycles. The summed E-state index contributed by atoms with van der Waals surface area (Å²) in [4.78, 5) is 12.5. The quantitative estimate of drug-likeness (QED) is 0.909. The minimum atomic E-state index is -3.33. The Morgan fingerprint density at radius 3 is 2.95 bits per heavy atom. The van der Waals surface area contributed by atoms with E-state index in [1.165, 1.54) is 4.31 Å². The fraction of sp³-hybridized carbons (Fsp3) is 0.643. The first-order valence-corrected chi connectivity index (χ1v) is 9.15. The number of sulfonamides is 1. The summed E-state index contributed by atoms with van der Waals surface area (Å²) in [7, 11) is -3.33. The summed E-state index contributed by atoms with van der Waals surface area (Å²) in [6.45, 7) is 0.429. The van der Waals surface area contributed by atoms with Gasteiger partial charge in [-0.2, -0.15) is 4.31 Å². The third-order valence-corrected chi connectivity index (χ3v) is 5.59. The van der Waals surface area contributed by atoms with Crippen LogP contribution < -0.4 is 5.32 Å². The molecule has 2 heterocycles. The number of carbonyl (C=O) groups is 1. The van der Waals surface area contributed by atoms with Gasteiger partial charge in [-0.25, -0.2) is 8.42 Å².